The van der Waals surface area contributed by atoms with Gasteiger partial charge in [-0.15, -0.1) is 5.10 Å². The highest BCUT2D eigenvalue weighted by molar-refractivity contribution is 7.07. The molecule has 3 rings (SSSR count). The Balaban J connectivity index is 1.71. The van der Waals surface area contributed by atoms with Gasteiger partial charge in [-0.2, -0.15) is 0 Å². The highest BCUT2D eigenvalue weighted by Crippen LogP contribution is 2.19. The maximum Gasteiger partial charge on any atom is 0.267 e. The molecule has 0 saturated carbocycles. The first-order valence-corrected chi connectivity index (χ1v) is 8.40. The topological polar surface area (TPSA) is 85.0 Å². The van der Waals surface area contributed by atoms with Gasteiger partial charge >= 0.3 is 0 Å². The Labute approximate surface area is 143 Å². The SMILES string of the molecule is CCCc1nnsc1C(=O)N(C)Cc1cc(-c2ccccn2)no1. The summed E-state index contributed by atoms with van der Waals surface area (Å²) in [5.74, 6) is 0.491. The Kier molecular flexibility index (Phi) is 4.95. The van der Waals surface area contributed by atoms with Gasteiger partial charge in [0.1, 0.15) is 10.6 Å². The van der Waals surface area contributed by atoms with E-state index in [2.05, 4.69) is 19.7 Å². The molecule has 0 fully saturated rings. The van der Waals surface area contributed by atoms with Crippen LogP contribution in [0.4, 0.5) is 0 Å². The first kappa shape index (κ1) is 16.3. The van der Waals surface area contributed by atoms with Crippen molar-refractivity contribution >= 4 is 17.4 Å². The average Bonchev–Trinajstić information content (AvgIpc) is 3.25. The molecule has 0 aromatic carbocycles. The zero-order valence-electron chi connectivity index (χ0n) is 13.5. The molecule has 0 spiro atoms. The fourth-order valence-electron chi connectivity index (χ4n) is 2.27. The Morgan fingerprint density at radius 2 is 2.21 bits per heavy atom. The third-order valence-electron chi connectivity index (χ3n) is 3.46. The van der Waals surface area contributed by atoms with Gasteiger partial charge in [0.15, 0.2) is 5.76 Å². The van der Waals surface area contributed by atoms with Crippen molar-refractivity contribution in [3.05, 3.63) is 46.8 Å². The molecular weight excluding hydrogens is 326 g/mol. The standard InChI is InChI=1S/C16H17N5O2S/c1-3-6-13-15(24-20-18-13)16(22)21(2)10-11-9-14(19-23-11)12-7-4-5-8-17-12/h4-5,7-9H,3,6,10H2,1-2H3. The lowest BCUT2D eigenvalue weighted by Gasteiger charge is -2.14. The molecule has 0 aliphatic rings. The van der Waals surface area contributed by atoms with Crippen LogP contribution >= 0.6 is 11.5 Å². The summed E-state index contributed by atoms with van der Waals surface area (Å²) in [5.41, 5.74) is 2.14. The van der Waals surface area contributed by atoms with Crippen LogP contribution in [0.15, 0.2) is 35.0 Å². The summed E-state index contributed by atoms with van der Waals surface area (Å²) in [6.07, 6.45) is 3.37. The van der Waals surface area contributed by atoms with Crippen molar-refractivity contribution in [1.29, 1.82) is 0 Å². The van der Waals surface area contributed by atoms with Crippen molar-refractivity contribution in [2.45, 2.75) is 26.3 Å². The molecule has 3 aromatic rings. The Bertz CT molecular complexity index is 815. The van der Waals surface area contributed by atoms with Crippen LogP contribution < -0.4 is 0 Å². The number of pyridine rings is 1. The van der Waals surface area contributed by atoms with Crippen LogP contribution in [0.25, 0.3) is 11.4 Å². The van der Waals surface area contributed by atoms with Crippen molar-refractivity contribution in [3.63, 3.8) is 0 Å². The number of carbonyl (C=O) groups is 1. The number of aromatic nitrogens is 4. The van der Waals surface area contributed by atoms with Crippen molar-refractivity contribution in [1.82, 2.24) is 24.6 Å². The van der Waals surface area contributed by atoms with Gasteiger partial charge in [-0.05, 0) is 30.1 Å². The first-order valence-electron chi connectivity index (χ1n) is 7.62. The van der Waals surface area contributed by atoms with E-state index < -0.39 is 0 Å². The molecule has 0 aliphatic carbocycles. The van der Waals surface area contributed by atoms with Gasteiger partial charge in [0.05, 0.1) is 17.9 Å². The second-order valence-electron chi connectivity index (χ2n) is 5.35. The van der Waals surface area contributed by atoms with E-state index in [9.17, 15) is 4.79 Å². The lowest BCUT2D eigenvalue weighted by atomic mass is 10.2. The third-order valence-corrected chi connectivity index (χ3v) is 4.22. The van der Waals surface area contributed by atoms with Crippen molar-refractivity contribution in [3.8, 4) is 11.4 Å². The Morgan fingerprint density at radius 1 is 1.33 bits per heavy atom. The van der Waals surface area contributed by atoms with E-state index >= 15 is 0 Å². The first-order chi connectivity index (χ1) is 11.7. The average molecular weight is 343 g/mol. The van der Waals surface area contributed by atoms with Gasteiger partial charge in [-0.25, -0.2) is 0 Å². The maximum absolute atomic E-state index is 12.6. The summed E-state index contributed by atoms with van der Waals surface area (Å²) in [7, 11) is 1.72. The molecule has 3 aromatic heterocycles. The van der Waals surface area contributed by atoms with Gasteiger partial charge in [0.2, 0.25) is 0 Å². The zero-order chi connectivity index (χ0) is 16.9. The van der Waals surface area contributed by atoms with Crippen LogP contribution in [-0.4, -0.2) is 37.6 Å². The lowest BCUT2D eigenvalue weighted by Crippen LogP contribution is -2.26. The minimum atomic E-state index is -0.107. The second kappa shape index (κ2) is 7.31. The van der Waals surface area contributed by atoms with Gasteiger partial charge in [0.25, 0.3) is 5.91 Å². The van der Waals surface area contributed by atoms with E-state index in [-0.39, 0.29) is 5.91 Å². The lowest BCUT2D eigenvalue weighted by molar-refractivity contribution is 0.0775. The van der Waals surface area contributed by atoms with E-state index in [4.69, 9.17) is 4.52 Å². The molecule has 24 heavy (non-hydrogen) atoms. The number of nitrogens with zero attached hydrogens (tertiary/aromatic N) is 5. The molecule has 0 atom stereocenters. The second-order valence-corrected chi connectivity index (χ2v) is 6.11. The quantitative estimate of drug-likeness (QED) is 0.684. The van der Waals surface area contributed by atoms with E-state index in [1.54, 1.807) is 24.2 Å². The zero-order valence-corrected chi connectivity index (χ0v) is 14.3. The van der Waals surface area contributed by atoms with Gasteiger partial charge in [0, 0.05) is 19.3 Å². The fraction of sp³-hybridized carbons (Fsp3) is 0.312. The molecule has 0 unspecified atom stereocenters. The molecule has 124 valence electrons. The number of carbonyl (C=O) groups excluding carboxylic acids is 1. The fourth-order valence-corrected chi connectivity index (χ4v) is 2.98. The highest BCUT2D eigenvalue weighted by Gasteiger charge is 2.21. The number of amides is 1. The summed E-state index contributed by atoms with van der Waals surface area (Å²) in [6, 6.07) is 7.38. The normalized spacial score (nSPS) is 10.8. The maximum atomic E-state index is 12.6. The summed E-state index contributed by atoms with van der Waals surface area (Å²) in [4.78, 5) is 19.0. The van der Waals surface area contributed by atoms with Crippen LogP contribution in [0.1, 0.15) is 34.5 Å². The van der Waals surface area contributed by atoms with E-state index in [0.29, 0.717) is 22.9 Å². The molecule has 0 aliphatic heterocycles. The number of aryl methyl sites for hydroxylation is 1. The van der Waals surface area contributed by atoms with Crippen molar-refractivity contribution in [2.75, 3.05) is 7.05 Å². The summed E-state index contributed by atoms with van der Waals surface area (Å²) in [5, 5.41) is 8.05. The van der Waals surface area contributed by atoms with Gasteiger partial charge < -0.3 is 9.42 Å². The van der Waals surface area contributed by atoms with Crippen molar-refractivity contribution < 1.29 is 9.32 Å². The molecule has 7 nitrogen and oxygen atoms in total. The van der Waals surface area contributed by atoms with Crippen LogP contribution in [0, 0.1) is 0 Å². The number of rotatable bonds is 6. The predicted molar refractivity (Wildman–Crippen MR) is 89.4 cm³/mol. The number of hydrogen-bond donors (Lipinski definition) is 0. The van der Waals surface area contributed by atoms with Crippen LogP contribution in [-0.2, 0) is 13.0 Å². The minimum absolute atomic E-state index is 0.107. The predicted octanol–water partition coefficient (Wildman–Crippen LogP) is 2.81. The van der Waals surface area contributed by atoms with E-state index in [0.717, 1.165) is 35.8 Å². The van der Waals surface area contributed by atoms with Crippen molar-refractivity contribution in [2.24, 2.45) is 0 Å². The molecule has 1 amide bonds. The van der Waals surface area contributed by atoms with E-state index in [1.165, 1.54) is 0 Å². The Hall–Kier alpha value is -2.61. The molecule has 3 heterocycles. The summed E-state index contributed by atoms with van der Waals surface area (Å²) in [6.45, 7) is 2.37. The molecule has 0 N–H and O–H groups in total. The van der Waals surface area contributed by atoms with E-state index in [1.807, 2.05) is 25.1 Å². The molecule has 0 bridgehead atoms. The van der Waals surface area contributed by atoms with Gasteiger partial charge in [-0.1, -0.05) is 29.1 Å². The highest BCUT2D eigenvalue weighted by atomic mass is 32.1. The molecular formula is C16H17N5O2S. The van der Waals surface area contributed by atoms with Crippen LogP contribution in [0.5, 0.6) is 0 Å². The minimum Gasteiger partial charge on any atom is -0.359 e. The van der Waals surface area contributed by atoms with Crippen LogP contribution in [0.3, 0.4) is 0 Å². The summed E-state index contributed by atoms with van der Waals surface area (Å²) < 4.78 is 9.22. The van der Waals surface area contributed by atoms with Gasteiger partial charge in [-0.3, -0.25) is 9.78 Å². The Morgan fingerprint density at radius 3 is 2.96 bits per heavy atom. The monoisotopic (exact) mass is 343 g/mol. The third kappa shape index (κ3) is 3.48. The summed E-state index contributed by atoms with van der Waals surface area (Å²) >= 11 is 1.13. The number of hydrogen-bond acceptors (Lipinski definition) is 7. The smallest absolute Gasteiger partial charge is 0.267 e. The molecule has 0 saturated heterocycles. The molecule has 8 heteroatoms. The molecule has 0 radical (unpaired) electrons. The van der Waals surface area contributed by atoms with Crippen LogP contribution in [0.2, 0.25) is 0 Å². The largest absolute Gasteiger partial charge is 0.359 e.